The number of piperidine rings is 1. The average molecular weight is 428 g/mol. The highest BCUT2D eigenvalue weighted by Crippen LogP contribution is 2.34. The van der Waals surface area contributed by atoms with E-state index in [2.05, 4.69) is 10.6 Å². The summed E-state index contributed by atoms with van der Waals surface area (Å²) in [6.07, 6.45) is 1.61. The minimum Gasteiger partial charge on any atom is -0.338 e. The van der Waals surface area contributed by atoms with Crippen molar-refractivity contribution in [1.29, 1.82) is 0 Å². The number of aromatic nitrogens is 2. The molecule has 0 N–H and O–H groups in total. The number of amides is 1. The lowest BCUT2D eigenvalue weighted by molar-refractivity contribution is 0.0696. The van der Waals surface area contributed by atoms with Crippen molar-refractivity contribution < 1.29 is 9.18 Å². The number of hydrogen-bond acceptors (Lipinski definition) is 2. The van der Waals surface area contributed by atoms with Gasteiger partial charge in [-0.2, -0.15) is 0 Å². The molecule has 5 heteroatoms. The summed E-state index contributed by atoms with van der Waals surface area (Å²) in [6, 6.07) is 21.0. The minimum absolute atomic E-state index is 0.0834. The Morgan fingerprint density at radius 3 is 2.31 bits per heavy atom. The van der Waals surface area contributed by atoms with E-state index in [1.54, 1.807) is 12.1 Å². The van der Waals surface area contributed by atoms with Gasteiger partial charge in [0, 0.05) is 30.3 Å². The number of rotatable bonds is 3. The highest BCUT2D eigenvalue weighted by Gasteiger charge is 2.28. The fraction of sp³-hybridized carbons (Fsp3) is 0.259. The third-order valence-corrected chi connectivity index (χ3v) is 6.27. The number of hydrogen-bond donors (Lipinski definition) is 0. The van der Waals surface area contributed by atoms with Gasteiger partial charge in [0.15, 0.2) is 0 Å². The molecule has 4 aromatic rings. The second kappa shape index (κ2) is 8.23. The van der Waals surface area contributed by atoms with Crippen molar-refractivity contribution in [3.63, 3.8) is 0 Å². The normalized spacial score (nSPS) is 14.8. The van der Waals surface area contributed by atoms with Crippen LogP contribution in [-0.4, -0.2) is 33.4 Å². The van der Waals surface area contributed by atoms with Crippen molar-refractivity contribution in [3.8, 4) is 11.4 Å². The van der Waals surface area contributed by atoms with E-state index in [4.69, 9.17) is 4.98 Å². The number of carbonyl (C=O) groups excluding carboxylic acids is 1. The highest BCUT2D eigenvalue weighted by molar-refractivity contribution is 5.94. The Hall–Kier alpha value is -3.47. The third-order valence-electron chi connectivity index (χ3n) is 6.27. The van der Waals surface area contributed by atoms with E-state index in [1.165, 1.54) is 6.07 Å². The molecule has 3 aromatic carbocycles. The molecule has 0 bridgehead atoms. The standard InChI is InChI=1S/C27H26FN3O/c1-18-14-19(2)16-21(15-18)27(32)30-12-10-23(11-13-30)31-25-17-22(28)8-9-24(25)29-26(31)20-6-4-3-5-7-20/h3-9,14-17,23H,10-13H2,1-2H3. The van der Waals surface area contributed by atoms with Gasteiger partial charge in [-0.3, -0.25) is 4.79 Å². The maximum absolute atomic E-state index is 14.1. The topological polar surface area (TPSA) is 38.1 Å². The van der Waals surface area contributed by atoms with Crippen LogP contribution < -0.4 is 0 Å². The molecule has 0 radical (unpaired) electrons. The van der Waals surface area contributed by atoms with Gasteiger partial charge in [-0.1, -0.05) is 47.5 Å². The molecule has 32 heavy (non-hydrogen) atoms. The number of halogens is 1. The zero-order valence-electron chi connectivity index (χ0n) is 18.4. The summed E-state index contributed by atoms with van der Waals surface area (Å²) in [4.78, 5) is 19.9. The van der Waals surface area contributed by atoms with Crippen molar-refractivity contribution >= 4 is 16.9 Å². The van der Waals surface area contributed by atoms with Crippen molar-refractivity contribution in [3.05, 3.63) is 89.2 Å². The van der Waals surface area contributed by atoms with Gasteiger partial charge in [-0.25, -0.2) is 9.37 Å². The fourth-order valence-corrected chi connectivity index (χ4v) is 4.83. The zero-order chi connectivity index (χ0) is 22.2. The number of benzene rings is 3. The van der Waals surface area contributed by atoms with Gasteiger partial charge >= 0.3 is 0 Å². The predicted molar refractivity (Wildman–Crippen MR) is 125 cm³/mol. The van der Waals surface area contributed by atoms with E-state index in [-0.39, 0.29) is 17.8 Å². The number of nitrogens with zero attached hydrogens (tertiary/aromatic N) is 3. The Labute approximate surface area is 187 Å². The van der Waals surface area contributed by atoms with Crippen molar-refractivity contribution in [2.45, 2.75) is 32.7 Å². The number of fused-ring (bicyclic) bond motifs is 1. The first-order chi connectivity index (χ1) is 15.5. The van der Waals surface area contributed by atoms with Crippen LogP contribution in [0.5, 0.6) is 0 Å². The Morgan fingerprint density at radius 1 is 0.938 bits per heavy atom. The lowest BCUT2D eigenvalue weighted by Gasteiger charge is -2.34. The maximum atomic E-state index is 14.1. The van der Waals surface area contributed by atoms with Crippen LogP contribution in [-0.2, 0) is 0 Å². The van der Waals surface area contributed by atoms with Crippen LogP contribution in [0, 0.1) is 19.7 Å². The van der Waals surface area contributed by atoms with Crippen LogP contribution in [0.3, 0.4) is 0 Å². The minimum atomic E-state index is -0.263. The number of imidazole rings is 1. The average Bonchev–Trinajstić information content (AvgIpc) is 3.17. The van der Waals surface area contributed by atoms with E-state index in [0.717, 1.165) is 52.0 Å². The quantitative estimate of drug-likeness (QED) is 0.406. The Kier molecular flexibility index (Phi) is 5.25. The molecule has 5 rings (SSSR count). The fourth-order valence-electron chi connectivity index (χ4n) is 4.83. The Balaban J connectivity index is 1.45. The summed E-state index contributed by atoms with van der Waals surface area (Å²) in [5.74, 6) is 0.672. The van der Waals surface area contributed by atoms with Crippen LogP contribution in [0.15, 0.2) is 66.7 Å². The Bertz CT molecular complexity index is 1270. The lowest BCUT2D eigenvalue weighted by atomic mass is 10.0. The number of likely N-dealkylation sites (tertiary alicyclic amines) is 1. The smallest absolute Gasteiger partial charge is 0.253 e. The van der Waals surface area contributed by atoms with Gasteiger partial charge in [-0.05, 0) is 57.0 Å². The van der Waals surface area contributed by atoms with Gasteiger partial charge in [0.25, 0.3) is 5.91 Å². The van der Waals surface area contributed by atoms with Crippen LogP contribution in [0.2, 0.25) is 0 Å². The molecule has 162 valence electrons. The van der Waals surface area contributed by atoms with Crippen molar-refractivity contribution in [2.75, 3.05) is 13.1 Å². The molecule has 4 nitrogen and oxygen atoms in total. The van der Waals surface area contributed by atoms with Crippen LogP contribution in [0.25, 0.3) is 22.4 Å². The van der Waals surface area contributed by atoms with Gasteiger partial charge in [0.2, 0.25) is 0 Å². The first-order valence-electron chi connectivity index (χ1n) is 11.1. The second-order valence-corrected chi connectivity index (χ2v) is 8.70. The zero-order valence-corrected chi connectivity index (χ0v) is 18.4. The van der Waals surface area contributed by atoms with E-state index in [9.17, 15) is 9.18 Å². The molecule has 0 unspecified atom stereocenters. The first-order valence-corrected chi connectivity index (χ1v) is 11.1. The molecule has 1 amide bonds. The molecule has 0 atom stereocenters. The van der Waals surface area contributed by atoms with E-state index in [0.29, 0.717) is 13.1 Å². The molecule has 1 saturated heterocycles. The summed E-state index contributed by atoms with van der Waals surface area (Å²) in [5, 5.41) is 0. The molecule has 0 saturated carbocycles. The molecule has 0 aliphatic carbocycles. The van der Waals surface area contributed by atoms with Crippen LogP contribution in [0.4, 0.5) is 4.39 Å². The monoisotopic (exact) mass is 427 g/mol. The lowest BCUT2D eigenvalue weighted by Crippen LogP contribution is -2.39. The van der Waals surface area contributed by atoms with Crippen molar-refractivity contribution in [1.82, 2.24) is 14.5 Å². The van der Waals surface area contributed by atoms with Gasteiger partial charge < -0.3 is 9.47 Å². The molecule has 1 aliphatic heterocycles. The van der Waals surface area contributed by atoms with E-state index in [1.807, 2.05) is 61.2 Å². The number of carbonyl (C=O) groups is 1. The summed E-state index contributed by atoms with van der Waals surface area (Å²) in [6.45, 7) is 5.37. The second-order valence-electron chi connectivity index (χ2n) is 8.70. The molecule has 1 aromatic heterocycles. The Morgan fingerprint density at radius 2 is 1.62 bits per heavy atom. The summed E-state index contributed by atoms with van der Waals surface area (Å²) >= 11 is 0. The van der Waals surface area contributed by atoms with Crippen molar-refractivity contribution in [2.24, 2.45) is 0 Å². The van der Waals surface area contributed by atoms with Crippen LogP contribution in [0.1, 0.15) is 40.4 Å². The molecular weight excluding hydrogens is 401 g/mol. The SMILES string of the molecule is Cc1cc(C)cc(C(=O)N2CCC(n3c(-c4ccccc4)nc4ccc(F)cc43)CC2)c1. The third kappa shape index (κ3) is 3.79. The maximum Gasteiger partial charge on any atom is 0.253 e. The van der Waals surface area contributed by atoms with Gasteiger partial charge in [0.05, 0.1) is 11.0 Å². The molecule has 2 heterocycles. The highest BCUT2D eigenvalue weighted by atomic mass is 19.1. The summed E-state index contributed by atoms with van der Waals surface area (Å²) in [7, 11) is 0. The molecule has 0 spiro atoms. The summed E-state index contributed by atoms with van der Waals surface area (Å²) in [5.41, 5.74) is 5.56. The summed E-state index contributed by atoms with van der Waals surface area (Å²) < 4.78 is 16.3. The predicted octanol–water partition coefficient (Wildman–Crippen LogP) is 5.94. The van der Waals surface area contributed by atoms with Crippen LogP contribution >= 0.6 is 0 Å². The largest absolute Gasteiger partial charge is 0.338 e. The van der Waals surface area contributed by atoms with E-state index >= 15 is 0 Å². The van der Waals surface area contributed by atoms with Gasteiger partial charge in [-0.15, -0.1) is 0 Å². The molecule has 1 fully saturated rings. The van der Waals surface area contributed by atoms with Gasteiger partial charge in [0.1, 0.15) is 11.6 Å². The molecular formula is C27H26FN3O. The molecule has 1 aliphatic rings. The number of aryl methyl sites for hydroxylation is 2. The first kappa shape index (κ1) is 20.4. The van der Waals surface area contributed by atoms with E-state index < -0.39 is 0 Å².